The minimum atomic E-state index is -5.71. The highest BCUT2D eigenvalue weighted by atomic mass is 19.4. The van der Waals surface area contributed by atoms with Crippen LogP contribution in [0.15, 0.2) is 6.07 Å². The van der Waals surface area contributed by atoms with E-state index >= 15 is 0 Å². The summed E-state index contributed by atoms with van der Waals surface area (Å²) >= 11 is 0. The van der Waals surface area contributed by atoms with Gasteiger partial charge in [0, 0.05) is 6.07 Å². The Labute approximate surface area is 97.1 Å². The molecule has 1 heterocycles. The number of nitrogens with zero attached hydrogens (tertiary/aromatic N) is 2. The maximum absolute atomic E-state index is 12.5. The van der Waals surface area contributed by atoms with Crippen LogP contribution in [0.2, 0.25) is 0 Å². The van der Waals surface area contributed by atoms with Gasteiger partial charge in [-0.3, -0.25) is 0 Å². The smallest absolute Gasteiger partial charge is 0.456 e. The number of nitrogens with two attached hydrogens (primary N) is 2. The second-order valence-corrected chi connectivity index (χ2v) is 3.08. The monoisotopic (exact) mass is 273 g/mol. The number of nitrogens with one attached hydrogen (secondary N) is 1. The van der Waals surface area contributed by atoms with Crippen molar-refractivity contribution in [1.82, 2.24) is 9.97 Å². The second kappa shape index (κ2) is 4.76. The van der Waals surface area contributed by atoms with Crippen molar-refractivity contribution in [3.05, 3.63) is 6.07 Å². The quantitative estimate of drug-likeness (QED) is 0.428. The Hall–Kier alpha value is -1.91. The van der Waals surface area contributed by atoms with E-state index in [4.69, 9.17) is 11.6 Å². The van der Waals surface area contributed by atoms with E-state index < -0.39 is 30.5 Å². The lowest BCUT2D eigenvalue weighted by Crippen LogP contribution is -2.41. The predicted molar refractivity (Wildman–Crippen MR) is 50.8 cm³/mol. The molecule has 0 aliphatic rings. The van der Waals surface area contributed by atoms with Crippen molar-refractivity contribution in [3.63, 3.8) is 0 Å². The number of anilines is 2. The molecule has 18 heavy (non-hydrogen) atoms. The second-order valence-electron chi connectivity index (χ2n) is 3.08. The molecule has 0 aliphatic carbocycles. The van der Waals surface area contributed by atoms with Gasteiger partial charge in [0.15, 0.2) is 6.61 Å². The Morgan fingerprint density at radius 2 is 1.83 bits per heavy atom. The fourth-order valence-electron chi connectivity index (χ4n) is 0.837. The van der Waals surface area contributed by atoms with Gasteiger partial charge in [0.05, 0.1) is 0 Å². The molecule has 5 N–H and O–H groups in total. The molecule has 1 rings (SSSR count). The summed E-state index contributed by atoms with van der Waals surface area (Å²) in [5.41, 5.74) is 7.17. The number of rotatable bonds is 4. The normalized spacial score (nSPS) is 12.3. The topological polar surface area (TPSA) is 99.1 Å². The molecule has 0 atom stereocenters. The number of halogens is 5. The molecule has 1 aromatic rings. The van der Waals surface area contributed by atoms with Crippen LogP contribution in [0.5, 0.6) is 5.88 Å². The van der Waals surface area contributed by atoms with E-state index in [1.807, 2.05) is 5.43 Å². The summed E-state index contributed by atoms with van der Waals surface area (Å²) in [6.07, 6.45) is -5.71. The molecule has 0 amide bonds. The lowest BCUT2D eigenvalue weighted by atomic mass is 10.3. The summed E-state index contributed by atoms with van der Waals surface area (Å²) in [5.74, 6) is -1.08. The lowest BCUT2D eigenvalue weighted by molar-refractivity contribution is -0.290. The van der Waals surface area contributed by atoms with Crippen LogP contribution in [0.4, 0.5) is 33.7 Å². The molecule has 102 valence electrons. The van der Waals surface area contributed by atoms with Crippen molar-refractivity contribution < 1.29 is 26.7 Å². The zero-order valence-corrected chi connectivity index (χ0v) is 8.63. The molecule has 0 radical (unpaired) electrons. The number of ether oxygens (including phenoxy) is 1. The molecule has 0 spiro atoms. The van der Waals surface area contributed by atoms with Crippen molar-refractivity contribution in [2.24, 2.45) is 5.84 Å². The van der Waals surface area contributed by atoms with Gasteiger partial charge in [-0.25, -0.2) is 5.84 Å². The van der Waals surface area contributed by atoms with Crippen LogP contribution in [-0.4, -0.2) is 28.7 Å². The first kappa shape index (κ1) is 14.2. The maximum atomic E-state index is 12.5. The summed E-state index contributed by atoms with van der Waals surface area (Å²) in [6, 6.07) is 0.919. The molecule has 0 saturated heterocycles. The van der Waals surface area contributed by atoms with Gasteiger partial charge in [0.1, 0.15) is 5.82 Å². The molecule has 11 heteroatoms. The summed E-state index contributed by atoms with van der Waals surface area (Å²) in [7, 11) is 0. The molecule has 0 aliphatic heterocycles. The molecule has 1 aromatic heterocycles. The van der Waals surface area contributed by atoms with E-state index in [-0.39, 0.29) is 5.82 Å². The molecular weight excluding hydrogens is 265 g/mol. The van der Waals surface area contributed by atoms with Crippen LogP contribution in [0, 0.1) is 0 Å². The predicted octanol–water partition coefficient (Wildman–Crippen LogP) is 0.921. The Balaban J connectivity index is 2.78. The van der Waals surface area contributed by atoms with Crippen LogP contribution in [-0.2, 0) is 0 Å². The van der Waals surface area contributed by atoms with Crippen LogP contribution >= 0.6 is 0 Å². The van der Waals surface area contributed by atoms with E-state index in [0.29, 0.717) is 0 Å². The average Bonchev–Trinajstić information content (AvgIpc) is 2.24. The Bertz CT molecular complexity index is 423. The number of hydrogen-bond acceptors (Lipinski definition) is 6. The minimum Gasteiger partial charge on any atom is -0.471 e. The number of hydrogen-bond donors (Lipinski definition) is 3. The van der Waals surface area contributed by atoms with E-state index in [2.05, 4.69) is 14.7 Å². The summed E-state index contributed by atoms with van der Waals surface area (Å²) in [5, 5.41) is 0. The van der Waals surface area contributed by atoms with Gasteiger partial charge < -0.3 is 15.9 Å². The fraction of sp³-hybridized carbons (Fsp3) is 0.429. The van der Waals surface area contributed by atoms with Gasteiger partial charge >= 0.3 is 12.1 Å². The van der Waals surface area contributed by atoms with Gasteiger partial charge in [0.25, 0.3) is 0 Å². The minimum absolute atomic E-state index is 0.0900. The van der Waals surface area contributed by atoms with Crippen molar-refractivity contribution in [3.8, 4) is 5.88 Å². The summed E-state index contributed by atoms with van der Waals surface area (Å²) in [6.45, 7) is -1.92. The standard InChI is InChI=1S/C7H8F5N5O/c8-6(9,7(10,11)12)2-18-4-1-3(17-14)15-5(13)16-4/h1H,2,14H2,(H3,13,15,16,17). The van der Waals surface area contributed by atoms with Gasteiger partial charge in [-0.2, -0.15) is 31.9 Å². The molecule has 0 bridgehead atoms. The van der Waals surface area contributed by atoms with E-state index in [1.165, 1.54) is 0 Å². The maximum Gasteiger partial charge on any atom is 0.456 e. The van der Waals surface area contributed by atoms with Crippen molar-refractivity contribution >= 4 is 11.8 Å². The van der Waals surface area contributed by atoms with Crippen LogP contribution < -0.4 is 21.7 Å². The largest absolute Gasteiger partial charge is 0.471 e. The number of hydrazine groups is 1. The van der Waals surface area contributed by atoms with Crippen LogP contribution in [0.25, 0.3) is 0 Å². The van der Waals surface area contributed by atoms with E-state index in [1.54, 1.807) is 0 Å². The molecule has 0 fully saturated rings. The molecule has 6 nitrogen and oxygen atoms in total. The van der Waals surface area contributed by atoms with Crippen molar-refractivity contribution in [1.29, 1.82) is 0 Å². The van der Waals surface area contributed by atoms with E-state index in [0.717, 1.165) is 6.07 Å². The average molecular weight is 273 g/mol. The molecule has 0 saturated carbocycles. The van der Waals surface area contributed by atoms with Crippen molar-refractivity contribution in [2.45, 2.75) is 12.1 Å². The van der Waals surface area contributed by atoms with Gasteiger partial charge in [0.2, 0.25) is 11.8 Å². The zero-order valence-electron chi connectivity index (χ0n) is 8.63. The number of aromatic nitrogens is 2. The third kappa shape index (κ3) is 3.29. The number of nitrogen functional groups attached to an aromatic ring is 2. The van der Waals surface area contributed by atoms with Crippen LogP contribution in [0.1, 0.15) is 0 Å². The highest BCUT2D eigenvalue weighted by Gasteiger charge is 2.58. The SMILES string of the molecule is NNc1cc(OCC(F)(F)C(F)(F)F)nc(N)n1. The Kier molecular flexibility index (Phi) is 3.74. The van der Waals surface area contributed by atoms with E-state index in [9.17, 15) is 22.0 Å². The third-order valence-corrected chi connectivity index (χ3v) is 1.68. The first-order valence-electron chi connectivity index (χ1n) is 4.34. The molecular formula is C7H8F5N5O. The van der Waals surface area contributed by atoms with Crippen LogP contribution in [0.3, 0.4) is 0 Å². The number of alkyl halides is 5. The summed E-state index contributed by atoms with van der Waals surface area (Å²) in [4.78, 5) is 6.80. The highest BCUT2D eigenvalue weighted by Crippen LogP contribution is 2.35. The first-order chi connectivity index (χ1) is 8.15. The van der Waals surface area contributed by atoms with Gasteiger partial charge in [-0.1, -0.05) is 0 Å². The molecule has 0 aromatic carbocycles. The first-order valence-corrected chi connectivity index (χ1v) is 4.34. The lowest BCUT2D eigenvalue weighted by Gasteiger charge is -2.19. The van der Waals surface area contributed by atoms with Gasteiger partial charge in [-0.15, -0.1) is 0 Å². The third-order valence-electron chi connectivity index (χ3n) is 1.68. The van der Waals surface area contributed by atoms with Crippen molar-refractivity contribution in [2.75, 3.05) is 17.8 Å². The fourth-order valence-corrected chi connectivity index (χ4v) is 0.837. The zero-order chi connectivity index (χ0) is 14.0. The Morgan fingerprint density at radius 1 is 1.22 bits per heavy atom. The van der Waals surface area contributed by atoms with Gasteiger partial charge in [-0.05, 0) is 0 Å². The highest BCUT2D eigenvalue weighted by molar-refractivity contribution is 5.41. The molecule has 0 unspecified atom stereocenters. The Morgan fingerprint density at radius 3 is 2.33 bits per heavy atom. The summed E-state index contributed by atoms with van der Waals surface area (Å²) < 4.78 is 64.8.